The number of aliphatic hydroxyl groups is 3. The van der Waals surface area contributed by atoms with Crippen molar-refractivity contribution < 1.29 is 58.2 Å². The van der Waals surface area contributed by atoms with E-state index < -0.39 is 108 Å². The Morgan fingerprint density at radius 2 is 1.67 bits per heavy atom. The molecule has 3 aliphatic heterocycles. The predicted octanol–water partition coefficient (Wildman–Crippen LogP) is 2.27. The highest BCUT2D eigenvalue weighted by Gasteiger charge is 2.60. The molecule has 0 saturated carbocycles. The average molecular weight is 845 g/mol. The van der Waals surface area contributed by atoms with Crippen molar-refractivity contribution >= 4 is 23.6 Å². The number of carbonyl (C=O) groups excluding carboxylic acids is 4. The summed E-state index contributed by atoms with van der Waals surface area (Å²) in [5.41, 5.74) is -1.53. The van der Waals surface area contributed by atoms with Gasteiger partial charge in [0.15, 0.2) is 17.7 Å². The van der Waals surface area contributed by atoms with Crippen LogP contribution in [0.4, 0.5) is 4.79 Å². The molecule has 0 aliphatic carbocycles. The number of Topliss-reactive ketones (excluding diaryl/α,β-unsaturated/α-hetero) is 2. The number of unbranched alkanes of at least 4 members (excludes halogenated alkanes) is 1. The smallest absolute Gasteiger partial charge is 0.410 e. The van der Waals surface area contributed by atoms with Crippen LogP contribution in [0.2, 0.25) is 0 Å². The molecule has 60 heavy (non-hydrogen) atoms. The summed E-state index contributed by atoms with van der Waals surface area (Å²) in [5.74, 6) is -5.60. The summed E-state index contributed by atoms with van der Waals surface area (Å²) in [6, 6.07) is 3.77. The molecule has 1 amide bonds. The second-order valence-electron chi connectivity index (χ2n) is 17.3. The number of fused-ring (bicyclic) bond motifs is 1. The summed E-state index contributed by atoms with van der Waals surface area (Å²) in [7, 11) is 4.72. The number of hydrogen-bond acceptors (Lipinski definition) is 16. The Bertz CT molecular complexity index is 1800. The number of methoxy groups -OCH3 is 1. The van der Waals surface area contributed by atoms with E-state index >= 15 is 0 Å². The highest BCUT2D eigenvalue weighted by molar-refractivity contribution is 6.00. The number of carbonyl (C=O) groups is 4. The largest absolute Gasteiger partial charge is 0.458 e. The highest BCUT2D eigenvalue weighted by atomic mass is 16.7. The van der Waals surface area contributed by atoms with Gasteiger partial charge in [-0.2, -0.15) is 0 Å². The zero-order chi connectivity index (χ0) is 44.3. The number of rotatable bonds is 12. The molecule has 334 valence electrons. The summed E-state index contributed by atoms with van der Waals surface area (Å²) < 4.78 is 32.4. The van der Waals surface area contributed by atoms with Crippen LogP contribution in [0.15, 0.2) is 30.6 Å². The normalized spacial score (nSPS) is 37.1. The van der Waals surface area contributed by atoms with Crippen LogP contribution in [0, 0.1) is 23.7 Å². The van der Waals surface area contributed by atoms with Gasteiger partial charge in [0.25, 0.3) is 0 Å². The van der Waals surface area contributed by atoms with E-state index in [1.165, 1.54) is 14.0 Å². The van der Waals surface area contributed by atoms with E-state index in [1.54, 1.807) is 82.5 Å². The lowest BCUT2D eigenvalue weighted by molar-refractivity contribution is -0.319. The van der Waals surface area contributed by atoms with Gasteiger partial charge in [0.2, 0.25) is 0 Å². The first-order chi connectivity index (χ1) is 28.3. The molecule has 0 bridgehead atoms. The van der Waals surface area contributed by atoms with Crippen LogP contribution in [-0.2, 0) is 44.6 Å². The molecular weight excluding hydrogens is 780 g/mol. The standard InChI is InChI=1S/C42H64N6O12/c1-11-30-42(7)36(48(40(55)60-42)19-15-14-18-47-21-28(44-45-47)27-16-12-13-17-43-27)24(3)32(50)23(2)20-41(6,56-10)37(25(4)33(51)26(5)38(54)58-30)59-39-35(53)31(46(8)9)34(52)29(22-49)57-39/h12-13,16-17,21,23-26,29-31,34-37,39,49,52-53H,11,14-15,18-20,22H2,1-10H3/t23-,24+,25+,26-,29-,30-,31+,34-,35-,36-,37-,39+,41+,42-/m1/s1. The van der Waals surface area contributed by atoms with Crippen molar-refractivity contribution in [2.45, 2.75) is 141 Å². The van der Waals surface area contributed by atoms with Crippen LogP contribution in [0.25, 0.3) is 11.4 Å². The number of aromatic nitrogens is 4. The first-order valence-electron chi connectivity index (χ1n) is 20.9. The van der Waals surface area contributed by atoms with Crippen LogP contribution >= 0.6 is 0 Å². The number of pyridine rings is 1. The number of cyclic esters (lactones) is 1. The first kappa shape index (κ1) is 47.1. The fourth-order valence-corrected chi connectivity index (χ4v) is 9.44. The molecule has 3 fully saturated rings. The van der Waals surface area contributed by atoms with Gasteiger partial charge in [0.05, 0.1) is 42.3 Å². The Morgan fingerprint density at radius 3 is 2.28 bits per heavy atom. The summed E-state index contributed by atoms with van der Waals surface area (Å²) in [6.07, 6.45) is -3.32. The molecule has 5 rings (SSSR count). The zero-order valence-electron chi connectivity index (χ0n) is 36.5. The molecule has 2 aromatic heterocycles. The molecule has 18 heteroatoms. The van der Waals surface area contributed by atoms with Crippen molar-refractivity contribution in [2.75, 3.05) is 34.4 Å². The summed E-state index contributed by atoms with van der Waals surface area (Å²) in [6.45, 7) is 11.8. The van der Waals surface area contributed by atoms with Crippen molar-refractivity contribution in [3.8, 4) is 11.4 Å². The summed E-state index contributed by atoms with van der Waals surface area (Å²) >= 11 is 0. The zero-order valence-corrected chi connectivity index (χ0v) is 36.5. The molecule has 3 N–H and O–H groups in total. The van der Waals surface area contributed by atoms with Gasteiger partial charge in [0, 0.05) is 44.1 Å². The van der Waals surface area contributed by atoms with Crippen molar-refractivity contribution in [2.24, 2.45) is 23.7 Å². The molecule has 0 unspecified atom stereocenters. The van der Waals surface area contributed by atoms with Gasteiger partial charge >= 0.3 is 12.1 Å². The van der Waals surface area contributed by atoms with Crippen LogP contribution in [0.3, 0.4) is 0 Å². The minimum Gasteiger partial charge on any atom is -0.458 e. The molecule has 18 nitrogen and oxygen atoms in total. The second kappa shape index (κ2) is 19.4. The number of likely N-dealkylation sites (N-methyl/N-ethyl adjacent to an activating group) is 1. The Morgan fingerprint density at radius 1 is 0.967 bits per heavy atom. The van der Waals surface area contributed by atoms with E-state index in [4.69, 9.17) is 23.7 Å². The lowest BCUT2D eigenvalue weighted by Gasteiger charge is -2.48. The van der Waals surface area contributed by atoms with Crippen molar-refractivity contribution in [1.29, 1.82) is 0 Å². The maximum absolute atomic E-state index is 14.7. The lowest BCUT2D eigenvalue weighted by atomic mass is 9.73. The number of aliphatic hydroxyl groups excluding tert-OH is 3. The van der Waals surface area contributed by atoms with Crippen molar-refractivity contribution in [3.63, 3.8) is 0 Å². The Hall–Kier alpha value is -3.91. The van der Waals surface area contributed by atoms with E-state index in [9.17, 15) is 34.5 Å². The fourth-order valence-electron chi connectivity index (χ4n) is 9.44. The van der Waals surface area contributed by atoms with Gasteiger partial charge in [0.1, 0.15) is 41.8 Å². The highest BCUT2D eigenvalue weighted by Crippen LogP contribution is 2.43. The lowest BCUT2D eigenvalue weighted by Crippen LogP contribution is -2.65. The number of ketones is 2. The quantitative estimate of drug-likeness (QED) is 0.158. The van der Waals surface area contributed by atoms with Crippen LogP contribution in [0.5, 0.6) is 0 Å². The topological polar surface area (TPSA) is 225 Å². The Labute approximate surface area is 351 Å². The third-order valence-corrected chi connectivity index (χ3v) is 12.8. The maximum Gasteiger partial charge on any atom is 0.410 e. The number of nitrogens with zero attached hydrogens (tertiary/aromatic N) is 6. The van der Waals surface area contributed by atoms with Gasteiger partial charge in [-0.25, -0.2) is 4.79 Å². The van der Waals surface area contributed by atoms with Crippen molar-refractivity contribution in [1.82, 2.24) is 29.8 Å². The summed E-state index contributed by atoms with van der Waals surface area (Å²) in [5, 5.41) is 40.9. The van der Waals surface area contributed by atoms with E-state index in [0.717, 1.165) is 0 Å². The molecule has 3 saturated heterocycles. The first-order valence-corrected chi connectivity index (χ1v) is 20.9. The van der Waals surface area contributed by atoms with E-state index in [2.05, 4.69) is 15.3 Å². The number of esters is 1. The molecule has 2 aromatic rings. The van der Waals surface area contributed by atoms with E-state index in [-0.39, 0.29) is 25.2 Å². The molecule has 14 atom stereocenters. The van der Waals surface area contributed by atoms with Gasteiger partial charge in [-0.15, -0.1) is 5.10 Å². The van der Waals surface area contributed by atoms with Crippen LogP contribution in [-0.4, -0.2) is 163 Å². The Balaban J connectivity index is 1.44. The van der Waals surface area contributed by atoms with Crippen molar-refractivity contribution in [3.05, 3.63) is 30.6 Å². The van der Waals surface area contributed by atoms with E-state index in [1.807, 2.05) is 18.2 Å². The van der Waals surface area contributed by atoms with Gasteiger partial charge in [-0.3, -0.25) is 24.0 Å². The van der Waals surface area contributed by atoms with Crippen LogP contribution in [0.1, 0.15) is 74.1 Å². The molecule has 5 heterocycles. The second-order valence-corrected chi connectivity index (χ2v) is 17.3. The molecule has 0 spiro atoms. The van der Waals surface area contributed by atoms with Gasteiger partial charge in [-0.1, -0.05) is 39.0 Å². The van der Waals surface area contributed by atoms with Gasteiger partial charge in [-0.05, 0) is 72.7 Å². The molecule has 0 radical (unpaired) electrons. The van der Waals surface area contributed by atoms with Gasteiger partial charge < -0.3 is 48.8 Å². The van der Waals surface area contributed by atoms with Crippen LogP contribution < -0.4 is 0 Å². The number of aryl methyl sites for hydroxylation is 1. The summed E-state index contributed by atoms with van der Waals surface area (Å²) in [4.78, 5) is 64.3. The molecule has 0 aromatic carbocycles. The number of amides is 1. The predicted molar refractivity (Wildman–Crippen MR) is 215 cm³/mol. The SMILES string of the molecule is CC[C@H]1OC(=O)[C@H](C)C(=O)[C@H](C)[C@@H](O[C@@H]2O[C@H](CO)[C@@H](O)[C@H](N(C)C)[C@H]2O)[C@@](C)(OC)C[C@@H](C)C(=O)[C@H](C)[C@H]2N(CCCCn3cc(-c4ccccn4)nn3)C(=O)O[C@]12C. The Kier molecular flexibility index (Phi) is 15.3. The third kappa shape index (κ3) is 9.44. The van der Waals surface area contributed by atoms with E-state index in [0.29, 0.717) is 30.8 Å². The minimum atomic E-state index is -1.46. The average Bonchev–Trinajstić information content (AvgIpc) is 3.80. The molecular formula is C42H64N6O12. The fraction of sp³-hybridized carbons (Fsp3) is 0.738. The number of hydrogen-bond donors (Lipinski definition) is 3. The molecule has 3 aliphatic rings. The third-order valence-electron chi connectivity index (χ3n) is 12.8. The number of ether oxygens (including phenoxy) is 5. The minimum absolute atomic E-state index is 0.0214. The monoisotopic (exact) mass is 844 g/mol. The maximum atomic E-state index is 14.7.